The Balaban J connectivity index is 2.76. The average molecular weight is 173 g/mol. The Labute approximate surface area is 67.2 Å². The number of aliphatic hydroxyl groups excluding tert-OH is 2. The van der Waals surface area contributed by atoms with E-state index < -0.39 is 30.8 Å². The molecule has 0 bridgehead atoms. The van der Waals surface area contributed by atoms with Gasteiger partial charge in [-0.05, 0) is 5.53 Å². The smallest absolute Gasteiger partial charge is 0.318 e. The molecule has 1 rings (SSSR count). The van der Waals surface area contributed by atoms with Gasteiger partial charge in [0.05, 0.1) is 6.61 Å². The van der Waals surface area contributed by atoms with E-state index in [1.54, 1.807) is 0 Å². The summed E-state index contributed by atoms with van der Waals surface area (Å²) in [6.07, 6.45) is -2.23. The van der Waals surface area contributed by atoms with Gasteiger partial charge in [-0.25, -0.2) is 0 Å². The van der Waals surface area contributed by atoms with Gasteiger partial charge in [0.2, 0.25) is 0 Å². The van der Waals surface area contributed by atoms with Crippen LogP contribution in [-0.2, 0) is 9.53 Å². The topological polar surface area (TPSA) is 116 Å². The molecule has 0 amide bonds. The van der Waals surface area contributed by atoms with E-state index in [9.17, 15) is 9.90 Å². The number of hydrogen-bond donors (Lipinski definition) is 2. The highest BCUT2D eigenvalue weighted by molar-refractivity contribution is 5.79. The van der Waals surface area contributed by atoms with Crippen LogP contribution in [0.25, 0.3) is 10.4 Å². The quantitative estimate of drug-likeness (QED) is 0.239. The van der Waals surface area contributed by atoms with E-state index in [4.69, 9.17) is 10.6 Å². The van der Waals surface area contributed by atoms with Crippen LogP contribution in [0.4, 0.5) is 0 Å². The molecule has 0 aromatic rings. The number of esters is 1. The second-order valence-corrected chi connectivity index (χ2v) is 2.30. The maximum Gasteiger partial charge on any atom is 0.318 e. The zero-order valence-corrected chi connectivity index (χ0v) is 5.99. The lowest BCUT2D eigenvalue weighted by Crippen LogP contribution is -2.31. The van der Waals surface area contributed by atoms with Gasteiger partial charge in [0.25, 0.3) is 0 Å². The van der Waals surface area contributed by atoms with Crippen LogP contribution < -0.4 is 0 Å². The number of hydrogen-bond acceptors (Lipinski definition) is 5. The molecule has 0 radical (unpaired) electrons. The first-order valence-corrected chi connectivity index (χ1v) is 3.24. The van der Waals surface area contributed by atoms with Crippen molar-refractivity contribution in [3.8, 4) is 0 Å². The molecule has 1 heterocycles. The van der Waals surface area contributed by atoms with Gasteiger partial charge in [-0.3, -0.25) is 4.79 Å². The van der Waals surface area contributed by atoms with Gasteiger partial charge in [-0.15, -0.1) is 0 Å². The van der Waals surface area contributed by atoms with E-state index in [1.165, 1.54) is 0 Å². The molecule has 1 fully saturated rings. The molecule has 0 saturated carbocycles. The van der Waals surface area contributed by atoms with Crippen LogP contribution in [0.2, 0.25) is 0 Å². The Kier molecular flexibility index (Phi) is 2.49. The van der Waals surface area contributed by atoms with Gasteiger partial charge in [0.15, 0.2) is 12.1 Å². The number of aliphatic hydroxyl groups is 2. The molecule has 7 nitrogen and oxygen atoms in total. The predicted molar refractivity (Wildman–Crippen MR) is 35.9 cm³/mol. The number of carbonyl (C=O) groups is 1. The number of carbonyl (C=O) groups excluding carboxylic acids is 1. The van der Waals surface area contributed by atoms with Crippen molar-refractivity contribution in [3.05, 3.63) is 10.4 Å². The van der Waals surface area contributed by atoms with Gasteiger partial charge in [0.1, 0.15) is 6.10 Å². The molecule has 12 heavy (non-hydrogen) atoms. The molecule has 1 aliphatic heterocycles. The van der Waals surface area contributed by atoms with Crippen LogP contribution in [0.5, 0.6) is 0 Å². The van der Waals surface area contributed by atoms with Crippen molar-refractivity contribution in [1.82, 2.24) is 0 Å². The monoisotopic (exact) mass is 173 g/mol. The van der Waals surface area contributed by atoms with E-state index in [0.29, 0.717) is 0 Å². The molecular formula is C5H7N3O4. The minimum atomic E-state index is -1.25. The standard InChI is InChI=1S/C5H7N3O4/c6-8-7-3-4(10)2(1-9)12-5(3)11/h2-4,9-10H,1H2/t2-,3?,4-/m1/s1. The molecule has 0 aromatic carbocycles. The summed E-state index contributed by atoms with van der Waals surface area (Å²) in [6.45, 7) is -0.482. The predicted octanol–water partition coefficient (Wildman–Crippen LogP) is -1.06. The maximum absolute atomic E-state index is 10.8. The van der Waals surface area contributed by atoms with Crippen LogP contribution >= 0.6 is 0 Å². The lowest BCUT2D eigenvalue weighted by atomic mass is 10.1. The van der Waals surface area contributed by atoms with Gasteiger partial charge < -0.3 is 14.9 Å². The van der Waals surface area contributed by atoms with Crippen molar-refractivity contribution in [3.63, 3.8) is 0 Å². The van der Waals surface area contributed by atoms with E-state index >= 15 is 0 Å². The third kappa shape index (κ3) is 1.33. The molecule has 1 saturated heterocycles. The van der Waals surface area contributed by atoms with E-state index in [1.807, 2.05) is 0 Å². The molecular weight excluding hydrogens is 166 g/mol. The highest BCUT2D eigenvalue weighted by atomic mass is 16.6. The molecule has 66 valence electrons. The Bertz CT molecular complexity index is 237. The molecule has 1 aliphatic rings. The van der Waals surface area contributed by atoms with Gasteiger partial charge in [0, 0.05) is 4.91 Å². The SMILES string of the molecule is [N-]=[N+]=NC1C(=O)O[C@H](CO)[C@H]1O. The van der Waals surface area contributed by atoms with Crippen LogP contribution in [0.1, 0.15) is 0 Å². The van der Waals surface area contributed by atoms with Crippen molar-refractivity contribution < 1.29 is 19.7 Å². The molecule has 7 heteroatoms. The summed E-state index contributed by atoms with van der Waals surface area (Å²) in [5.41, 5.74) is 8.00. The number of ether oxygens (including phenoxy) is 1. The van der Waals surface area contributed by atoms with E-state index in [0.717, 1.165) is 0 Å². The molecule has 1 unspecified atom stereocenters. The number of cyclic esters (lactones) is 1. The zero-order chi connectivity index (χ0) is 9.14. The Morgan fingerprint density at radius 1 is 1.75 bits per heavy atom. The number of azide groups is 1. The largest absolute Gasteiger partial charge is 0.457 e. The normalized spacial score (nSPS) is 34.2. The van der Waals surface area contributed by atoms with Gasteiger partial charge in [-0.1, -0.05) is 5.11 Å². The van der Waals surface area contributed by atoms with Crippen LogP contribution in [0.15, 0.2) is 5.11 Å². The number of rotatable bonds is 2. The Hall–Kier alpha value is -1.30. The third-order valence-electron chi connectivity index (χ3n) is 1.57. The molecule has 0 spiro atoms. The van der Waals surface area contributed by atoms with Gasteiger partial charge >= 0.3 is 5.97 Å². The fourth-order valence-corrected chi connectivity index (χ4v) is 0.948. The van der Waals surface area contributed by atoms with E-state index in [2.05, 4.69) is 14.8 Å². The van der Waals surface area contributed by atoms with Crippen molar-refractivity contribution in [1.29, 1.82) is 0 Å². The summed E-state index contributed by atoms with van der Waals surface area (Å²) in [4.78, 5) is 13.2. The highest BCUT2D eigenvalue weighted by Gasteiger charge is 2.42. The minimum absolute atomic E-state index is 0.482. The highest BCUT2D eigenvalue weighted by Crippen LogP contribution is 2.18. The summed E-state index contributed by atoms with van der Waals surface area (Å²) in [5, 5.41) is 20.8. The lowest BCUT2D eigenvalue weighted by molar-refractivity contribution is -0.143. The zero-order valence-electron chi connectivity index (χ0n) is 5.99. The molecule has 2 N–H and O–H groups in total. The van der Waals surface area contributed by atoms with Crippen molar-refractivity contribution in [2.75, 3.05) is 6.61 Å². The van der Waals surface area contributed by atoms with Gasteiger partial charge in [-0.2, -0.15) is 0 Å². The fourth-order valence-electron chi connectivity index (χ4n) is 0.948. The minimum Gasteiger partial charge on any atom is -0.457 e. The van der Waals surface area contributed by atoms with E-state index in [-0.39, 0.29) is 0 Å². The summed E-state index contributed by atoms with van der Waals surface area (Å²) in [5.74, 6) is -0.806. The maximum atomic E-state index is 10.8. The van der Waals surface area contributed by atoms with Crippen LogP contribution in [0.3, 0.4) is 0 Å². The second-order valence-electron chi connectivity index (χ2n) is 2.30. The fraction of sp³-hybridized carbons (Fsp3) is 0.800. The average Bonchev–Trinajstić information content (AvgIpc) is 2.32. The van der Waals surface area contributed by atoms with Crippen molar-refractivity contribution >= 4 is 5.97 Å². The lowest BCUT2D eigenvalue weighted by Gasteiger charge is -2.08. The Morgan fingerprint density at radius 2 is 2.42 bits per heavy atom. The summed E-state index contributed by atoms with van der Waals surface area (Å²) in [7, 11) is 0. The molecule has 3 atom stereocenters. The molecule has 0 aromatic heterocycles. The summed E-state index contributed by atoms with van der Waals surface area (Å²) < 4.78 is 4.48. The summed E-state index contributed by atoms with van der Waals surface area (Å²) in [6, 6.07) is -1.23. The number of nitrogens with zero attached hydrogens (tertiary/aromatic N) is 3. The first-order chi connectivity index (χ1) is 5.70. The molecule has 0 aliphatic carbocycles. The van der Waals surface area contributed by atoms with Crippen LogP contribution in [-0.4, -0.2) is 41.0 Å². The second kappa shape index (κ2) is 3.40. The van der Waals surface area contributed by atoms with Crippen molar-refractivity contribution in [2.24, 2.45) is 5.11 Å². The summed E-state index contributed by atoms with van der Waals surface area (Å²) >= 11 is 0. The van der Waals surface area contributed by atoms with Crippen molar-refractivity contribution in [2.45, 2.75) is 18.2 Å². The van der Waals surface area contributed by atoms with Crippen LogP contribution in [0, 0.1) is 0 Å². The first kappa shape index (κ1) is 8.79. The first-order valence-electron chi connectivity index (χ1n) is 3.24. The Morgan fingerprint density at radius 3 is 2.83 bits per heavy atom. The third-order valence-corrected chi connectivity index (χ3v) is 1.57.